The van der Waals surface area contributed by atoms with Crippen LogP contribution in [0.3, 0.4) is 0 Å². The summed E-state index contributed by atoms with van der Waals surface area (Å²) in [6.07, 6.45) is 0. The molecule has 1 rings (SSSR count). The zero-order valence-electron chi connectivity index (χ0n) is 10.7. The van der Waals surface area contributed by atoms with E-state index in [1.54, 1.807) is 0 Å². The minimum Gasteiger partial charge on any atom is -0.388 e. The van der Waals surface area contributed by atoms with E-state index >= 15 is 0 Å². The molecule has 0 saturated heterocycles. The van der Waals surface area contributed by atoms with Crippen molar-refractivity contribution in [2.45, 2.75) is 26.8 Å². The number of hydrogen-bond acceptors (Lipinski definition) is 2. The van der Waals surface area contributed by atoms with Crippen LogP contribution in [-0.4, -0.2) is 14.1 Å². The molecule has 0 radical (unpaired) electrons. The van der Waals surface area contributed by atoms with Gasteiger partial charge in [-0.15, -0.1) is 0 Å². The third kappa shape index (κ3) is 2.89. The van der Waals surface area contributed by atoms with Crippen LogP contribution >= 0.6 is 11.6 Å². The van der Waals surface area contributed by atoms with Crippen molar-refractivity contribution in [3.05, 3.63) is 28.8 Å². The minimum atomic E-state index is 0.144. The van der Waals surface area contributed by atoms with Crippen molar-refractivity contribution in [3.8, 4) is 0 Å². The van der Waals surface area contributed by atoms with Gasteiger partial charge in [0.25, 0.3) is 0 Å². The van der Waals surface area contributed by atoms with Crippen molar-refractivity contribution in [3.63, 3.8) is 0 Å². The highest BCUT2D eigenvalue weighted by atomic mass is 35.5. The average Bonchev–Trinajstić information content (AvgIpc) is 2.17. The molecule has 0 aliphatic rings. The molecular weight excluding hydrogens is 220 g/mol. The molecule has 16 heavy (non-hydrogen) atoms. The molecule has 3 heteroatoms. The van der Waals surface area contributed by atoms with Crippen LogP contribution < -0.4 is 10.6 Å². The molecule has 2 N–H and O–H groups in total. The number of anilines is 1. The molecule has 0 amide bonds. The van der Waals surface area contributed by atoms with Crippen LogP contribution in [0.2, 0.25) is 5.02 Å². The molecule has 0 saturated carbocycles. The van der Waals surface area contributed by atoms with Crippen LogP contribution in [-0.2, 0) is 0 Å². The summed E-state index contributed by atoms with van der Waals surface area (Å²) < 4.78 is 0. The Morgan fingerprint density at radius 3 is 2.25 bits per heavy atom. The Balaban J connectivity index is 3.23. The lowest BCUT2D eigenvalue weighted by molar-refractivity contribution is 0.287. The van der Waals surface area contributed by atoms with Crippen molar-refractivity contribution in [1.29, 1.82) is 0 Å². The second-order valence-electron chi connectivity index (χ2n) is 5.07. The largest absolute Gasteiger partial charge is 0.388 e. The van der Waals surface area contributed by atoms with Crippen LogP contribution in [0.1, 0.15) is 32.4 Å². The van der Waals surface area contributed by atoms with Crippen LogP contribution in [0.4, 0.5) is 5.69 Å². The Hall–Kier alpha value is -0.730. The number of hydrogen-bond donors (Lipinski definition) is 2. The maximum absolute atomic E-state index is 6.07. The molecule has 90 valence electrons. The highest BCUT2D eigenvalue weighted by Crippen LogP contribution is 2.37. The lowest BCUT2D eigenvalue weighted by Gasteiger charge is -2.32. The van der Waals surface area contributed by atoms with Gasteiger partial charge in [-0.2, -0.15) is 0 Å². The summed E-state index contributed by atoms with van der Waals surface area (Å²) in [5.74, 6) is 0. The van der Waals surface area contributed by atoms with E-state index in [0.717, 1.165) is 10.7 Å². The zero-order chi connectivity index (χ0) is 12.3. The summed E-state index contributed by atoms with van der Waals surface area (Å²) in [7, 11) is 3.92. The first-order valence-electron chi connectivity index (χ1n) is 5.54. The van der Waals surface area contributed by atoms with Gasteiger partial charge < -0.3 is 10.6 Å². The fourth-order valence-electron chi connectivity index (χ4n) is 2.06. The van der Waals surface area contributed by atoms with Crippen LogP contribution in [0.5, 0.6) is 0 Å². The van der Waals surface area contributed by atoms with Gasteiger partial charge in [0.15, 0.2) is 0 Å². The van der Waals surface area contributed by atoms with E-state index in [0.29, 0.717) is 0 Å². The molecule has 0 bridgehead atoms. The Bertz CT molecular complexity index is 355. The van der Waals surface area contributed by atoms with Crippen LogP contribution in [0, 0.1) is 5.41 Å². The van der Waals surface area contributed by atoms with Gasteiger partial charge in [0.2, 0.25) is 0 Å². The maximum Gasteiger partial charge on any atom is 0.0410 e. The summed E-state index contributed by atoms with van der Waals surface area (Å²) in [5, 5.41) is 7.35. The number of rotatable bonds is 3. The Morgan fingerprint density at radius 1 is 1.19 bits per heavy atom. The highest BCUT2D eigenvalue weighted by Gasteiger charge is 2.26. The first-order valence-corrected chi connectivity index (χ1v) is 5.92. The van der Waals surface area contributed by atoms with Crippen molar-refractivity contribution < 1.29 is 0 Å². The number of nitrogens with one attached hydrogen (secondary N) is 2. The molecule has 0 fully saturated rings. The van der Waals surface area contributed by atoms with Crippen LogP contribution in [0.25, 0.3) is 0 Å². The van der Waals surface area contributed by atoms with E-state index < -0.39 is 0 Å². The zero-order valence-corrected chi connectivity index (χ0v) is 11.4. The first-order chi connectivity index (χ1) is 7.40. The quantitative estimate of drug-likeness (QED) is 0.842. The van der Waals surface area contributed by atoms with Gasteiger partial charge in [0.1, 0.15) is 0 Å². The van der Waals surface area contributed by atoms with Crippen molar-refractivity contribution >= 4 is 17.3 Å². The molecule has 1 atom stereocenters. The molecule has 1 aromatic carbocycles. The summed E-state index contributed by atoms with van der Waals surface area (Å²) >= 11 is 6.07. The molecule has 0 heterocycles. The molecule has 0 spiro atoms. The fourth-order valence-corrected chi connectivity index (χ4v) is 2.24. The molecule has 0 aromatic heterocycles. The average molecular weight is 241 g/mol. The smallest absolute Gasteiger partial charge is 0.0410 e. The van der Waals surface area contributed by atoms with Crippen LogP contribution in [0.15, 0.2) is 18.2 Å². The van der Waals surface area contributed by atoms with Gasteiger partial charge in [-0.3, -0.25) is 0 Å². The van der Waals surface area contributed by atoms with E-state index in [2.05, 4.69) is 31.4 Å². The second kappa shape index (κ2) is 5.07. The standard InChI is InChI=1S/C13H21ClN2/c1-13(2,3)12(16-5)10-8-9(14)6-7-11(10)15-4/h6-8,12,15-16H,1-5H3/t12-/m1/s1. The summed E-state index contributed by atoms with van der Waals surface area (Å²) in [5.41, 5.74) is 2.48. The van der Waals surface area contributed by atoms with Gasteiger partial charge in [-0.25, -0.2) is 0 Å². The first kappa shape index (κ1) is 13.3. The predicted molar refractivity (Wildman–Crippen MR) is 72.3 cm³/mol. The van der Waals surface area contributed by atoms with Gasteiger partial charge in [0.05, 0.1) is 0 Å². The summed E-state index contributed by atoms with van der Waals surface area (Å²) in [4.78, 5) is 0. The number of benzene rings is 1. The third-order valence-electron chi connectivity index (χ3n) is 2.75. The van der Waals surface area contributed by atoms with E-state index in [-0.39, 0.29) is 11.5 Å². The Kier molecular flexibility index (Phi) is 4.22. The second-order valence-corrected chi connectivity index (χ2v) is 5.51. The van der Waals surface area contributed by atoms with E-state index in [1.807, 2.05) is 32.3 Å². The highest BCUT2D eigenvalue weighted by molar-refractivity contribution is 6.30. The van der Waals surface area contributed by atoms with Crippen molar-refractivity contribution in [2.75, 3.05) is 19.4 Å². The normalized spacial score (nSPS) is 13.6. The SMILES string of the molecule is CNc1ccc(Cl)cc1[C@@H](NC)C(C)(C)C. The van der Waals surface area contributed by atoms with Crippen molar-refractivity contribution in [2.24, 2.45) is 5.41 Å². The number of halogens is 1. The monoisotopic (exact) mass is 240 g/mol. The molecule has 0 aliphatic heterocycles. The van der Waals surface area contributed by atoms with Gasteiger partial charge in [0, 0.05) is 23.8 Å². The third-order valence-corrected chi connectivity index (χ3v) is 2.98. The molecule has 0 unspecified atom stereocenters. The van der Waals surface area contributed by atoms with Gasteiger partial charge >= 0.3 is 0 Å². The maximum atomic E-state index is 6.07. The fraction of sp³-hybridized carbons (Fsp3) is 0.538. The lowest BCUT2D eigenvalue weighted by Crippen LogP contribution is -2.30. The molecule has 0 aliphatic carbocycles. The molecular formula is C13H21ClN2. The van der Waals surface area contributed by atoms with E-state index in [1.165, 1.54) is 5.56 Å². The molecule has 1 aromatic rings. The van der Waals surface area contributed by atoms with E-state index in [4.69, 9.17) is 11.6 Å². The summed E-state index contributed by atoms with van der Waals surface area (Å²) in [6.45, 7) is 6.65. The Labute approximate surface area is 103 Å². The van der Waals surface area contributed by atoms with Gasteiger partial charge in [-0.05, 0) is 36.2 Å². The predicted octanol–water partition coefficient (Wildman–Crippen LogP) is 3.69. The Morgan fingerprint density at radius 2 is 1.81 bits per heavy atom. The van der Waals surface area contributed by atoms with Gasteiger partial charge in [-0.1, -0.05) is 32.4 Å². The topological polar surface area (TPSA) is 24.1 Å². The van der Waals surface area contributed by atoms with Crippen molar-refractivity contribution in [1.82, 2.24) is 5.32 Å². The lowest BCUT2D eigenvalue weighted by atomic mass is 9.82. The minimum absolute atomic E-state index is 0.144. The van der Waals surface area contributed by atoms with E-state index in [9.17, 15) is 0 Å². The summed E-state index contributed by atoms with van der Waals surface area (Å²) in [6, 6.07) is 6.23. The molecule has 2 nitrogen and oxygen atoms in total.